The molecule has 3 heteroatoms. The van der Waals surface area contributed by atoms with Crippen LogP contribution in [0.4, 0.5) is 0 Å². The Kier molecular flexibility index (Phi) is 6.46. The van der Waals surface area contributed by atoms with E-state index in [1.54, 1.807) is 0 Å². The fourth-order valence-electron chi connectivity index (χ4n) is 3.10. The minimum absolute atomic E-state index is 0.497. The van der Waals surface area contributed by atoms with E-state index in [2.05, 4.69) is 17.1 Å². The highest BCUT2D eigenvalue weighted by atomic mass is 16.5. The van der Waals surface area contributed by atoms with Crippen LogP contribution in [-0.2, 0) is 4.74 Å². The van der Waals surface area contributed by atoms with Crippen LogP contribution in [0.25, 0.3) is 0 Å². The highest BCUT2D eigenvalue weighted by Crippen LogP contribution is 2.15. The number of unbranched alkanes of at least 4 members (excludes halogenated alkanes) is 1. The van der Waals surface area contributed by atoms with Gasteiger partial charge >= 0.3 is 0 Å². The average molecular weight is 254 g/mol. The summed E-state index contributed by atoms with van der Waals surface area (Å²) in [6.45, 7) is 8.09. The Balaban J connectivity index is 1.74. The third kappa shape index (κ3) is 4.87. The zero-order valence-electron chi connectivity index (χ0n) is 12.0. The molecule has 2 heterocycles. The van der Waals surface area contributed by atoms with E-state index in [0.29, 0.717) is 6.10 Å². The fraction of sp³-hybridized carbons (Fsp3) is 1.00. The molecule has 2 unspecified atom stereocenters. The van der Waals surface area contributed by atoms with Gasteiger partial charge in [0, 0.05) is 25.7 Å². The molecule has 0 bridgehead atoms. The van der Waals surface area contributed by atoms with E-state index in [0.717, 1.165) is 19.2 Å². The molecule has 0 aliphatic carbocycles. The summed E-state index contributed by atoms with van der Waals surface area (Å²) in [5.74, 6) is 0. The molecule has 18 heavy (non-hydrogen) atoms. The molecule has 0 aromatic rings. The normalized spacial score (nSPS) is 29.0. The van der Waals surface area contributed by atoms with Gasteiger partial charge < -0.3 is 10.1 Å². The molecule has 1 N–H and O–H groups in total. The molecule has 0 amide bonds. The van der Waals surface area contributed by atoms with E-state index in [-0.39, 0.29) is 0 Å². The largest absolute Gasteiger partial charge is 0.377 e. The van der Waals surface area contributed by atoms with E-state index in [1.165, 1.54) is 64.6 Å². The van der Waals surface area contributed by atoms with Crippen molar-refractivity contribution in [1.82, 2.24) is 10.2 Å². The van der Waals surface area contributed by atoms with Crippen molar-refractivity contribution in [3.63, 3.8) is 0 Å². The van der Waals surface area contributed by atoms with Crippen LogP contribution in [0, 0.1) is 0 Å². The number of rotatable bonds is 7. The van der Waals surface area contributed by atoms with Crippen LogP contribution < -0.4 is 5.32 Å². The molecule has 2 saturated heterocycles. The molecule has 0 aromatic heterocycles. The van der Waals surface area contributed by atoms with Crippen LogP contribution in [0.3, 0.4) is 0 Å². The van der Waals surface area contributed by atoms with Gasteiger partial charge in [-0.3, -0.25) is 4.90 Å². The number of nitrogens with one attached hydrogen (secondary N) is 1. The second-order valence-corrected chi connectivity index (χ2v) is 5.89. The van der Waals surface area contributed by atoms with Crippen molar-refractivity contribution in [3.05, 3.63) is 0 Å². The number of hydrogen-bond acceptors (Lipinski definition) is 3. The molecule has 2 rings (SSSR count). The Labute approximate surface area is 112 Å². The zero-order valence-corrected chi connectivity index (χ0v) is 12.0. The lowest BCUT2D eigenvalue weighted by Crippen LogP contribution is -2.43. The first-order chi connectivity index (χ1) is 8.88. The van der Waals surface area contributed by atoms with Gasteiger partial charge in [0.25, 0.3) is 0 Å². The Hall–Kier alpha value is -0.120. The lowest BCUT2D eigenvalue weighted by atomic mass is 10.1. The molecule has 0 aromatic carbocycles. The fourth-order valence-corrected chi connectivity index (χ4v) is 3.10. The van der Waals surface area contributed by atoms with Crippen molar-refractivity contribution in [1.29, 1.82) is 0 Å². The van der Waals surface area contributed by atoms with Crippen LogP contribution in [0.15, 0.2) is 0 Å². The van der Waals surface area contributed by atoms with Gasteiger partial charge in [-0.1, -0.05) is 13.3 Å². The Bertz CT molecular complexity index is 211. The van der Waals surface area contributed by atoms with Crippen LogP contribution in [0.1, 0.15) is 51.9 Å². The molecular formula is C15H30N2O. The Morgan fingerprint density at radius 3 is 2.78 bits per heavy atom. The summed E-state index contributed by atoms with van der Waals surface area (Å²) < 4.78 is 5.89. The maximum Gasteiger partial charge on any atom is 0.0702 e. The first-order valence-corrected chi connectivity index (χ1v) is 7.96. The summed E-state index contributed by atoms with van der Waals surface area (Å²) in [6, 6.07) is 0.727. The summed E-state index contributed by atoms with van der Waals surface area (Å²) in [6.07, 6.45) is 9.70. The van der Waals surface area contributed by atoms with E-state index in [9.17, 15) is 0 Å². The molecule has 0 radical (unpaired) electrons. The highest BCUT2D eigenvalue weighted by Gasteiger charge is 2.21. The van der Waals surface area contributed by atoms with Gasteiger partial charge in [-0.05, 0) is 51.6 Å². The molecule has 3 nitrogen and oxygen atoms in total. The summed E-state index contributed by atoms with van der Waals surface area (Å²) in [5.41, 5.74) is 0. The van der Waals surface area contributed by atoms with Crippen LogP contribution in [0.2, 0.25) is 0 Å². The second-order valence-electron chi connectivity index (χ2n) is 5.89. The van der Waals surface area contributed by atoms with Gasteiger partial charge in [-0.2, -0.15) is 0 Å². The summed E-state index contributed by atoms with van der Waals surface area (Å²) >= 11 is 0. The standard InChI is InChI=1S/C15H30N2O/c1-2-3-10-17(12-14-7-6-9-16-14)13-15-8-4-5-11-18-15/h14-16H,2-13H2,1H3. The molecular weight excluding hydrogens is 224 g/mol. The molecule has 0 spiro atoms. The maximum atomic E-state index is 5.89. The van der Waals surface area contributed by atoms with Gasteiger partial charge in [-0.25, -0.2) is 0 Å². The zero-order chi connectivity index (χ0) is 12.6. The average Bonchev–Trinajstić information content (AvgIpc) is 2.90. The van der Waals surface area contributed by atoms with E-state index >= 15 is 0 Å². The molecule has 106 valence electrons. The van der Waals surface area contributed by atoms with Crippen LogP contribution in [0.5, 0.6) is 0 Å². The quantitative estimate of drug-likeness (QED) is 0.755. The van der Waals surface area contributed by atoms with Gasteiger partial charge in [-0.15, -0.1) is 0 Å². The van der Waals surface area contributed by atoms with Crippen molar-refractivity contribution >= 4 is 0 Å². The topological polar surface area (TPSA) is 24.5 Å². The summed E-state index contributed by atoms with van der Waals surface area (Å²) in [5, 5.41) is 3.62. The Morgan fingerprint density at radius 1 is 1.17 bits per heavy atom. The van der Waals surface area contributed by atoms with E-state index in [4.69, 9.17) is 4.74 Å². The van der Waals surface area contributed by atoms with Crippen molar-refractivity contribution in [2.24, 2.45) is 0 Å². The first kappa shape index (κ1) is 14.3. The SMILES string of the molecule is CCCCN(CC1CCCN1)CC1CCCCO1. The molecule has 0 saturated carbocycles. The summed E-state index contributed by atoms with van der Waals surface area (Å²) in [7, 11) is 0. The molecule has 2 atom stereocenters. The highest BCUT2D eigenvalue weighted by molar-refractivity contribution is 4.79. The molecule has 2 fully saturated rings. The monoisotopic (exact) mass is 254 g/mol. The Morgan fingerprint density at radius 2 is 2.11 bits per heavy atom. The maximum absolute atomic E-state index is 5.89. The van der Waals surface area contributed by atoms with Crippen LogP contribution in [-0.4, -0.2) is 49.8 Å². The number of nitrogens with zero attached hydrogens (tertiary/aromatic N) is 1. The van der Waals surface area contributed by atoms with Crippen molar-refractivity contribution in [2.75, 3.05) is 32.8 Å². The smallest absolute Gasteiger partial charge is 0.0702 e. The van der Waals surface area contributed by atoms with Crippen molar-refractivity contribution in [3.8, 4) is 0 Å². The minimum Gasteiger partial charge on any atom is -0.377 e. The summed E-state index contributed by atoms with van der Waals surface area (Å²) in [4.78, 5) is 2.64. The third-order valence-corrected chi connectivity index (χ3v) is 4.20. The number of hydrogen-bond donors (Lipinski definition) is 1. The van der Waals surface area contributed by atoms with Crippen molar-refractivity contribution < 1.29 is 4.74 Å². The lowest BCUT2D eigenvalue weighted by Gasteiger charge is -2.31. The van der Waals surface area contributed by atoms with E-state index in [1.807, 2.05) is 0 Å². The first-order valence-electron chi connectivity index (χ1n) is 7.96. The minimum atomic E-state index is 0.497. The van der Waals surface area contributed by atoms with Gasteiger partial charge in [0.05, 0.1) is 6.10 Å². The second kappa shape index (κ2) is 8.13. The van der Waals surface area contributed by atoms with Crippen LogP contribution >= 0.6 is 0 Å². The predicted octanol–water partition coefficient (Wildman–Crippen LogP) is 2.41. The predicted molar refractivity (Wildman–Crippen MR) is 76.0 cm³/mol. The van der Waals surface area contributed by atoms with E-state index < -0.39 is 0 Å². The van der Waals surface area contributed by atoms with Gasteiger partial charge in [0.2, 0.25) is 0 Å². The molecule has 2 aliphatic rings. The lowest BCUT2D eigenvalue weighted by molar-refractivity contribution is -0.00704. The van der Waals surface area contributed by atoms with Gasteiger partial charge in [0.1, 0.15) is 0 Å². The van der Waals surface area contributed by atoms with Gasteiger partial charge in [0.15, 0.2) is 0 Å². The third-order valence-electron chi connectivity index (χ3n) is 4.20. The molecule has 2 aliphatic heterocycles. The number of ether oxygens (including phenoxy) is 1. The van der Waals surface area contributed by atoms with Crippen molar-refractivity contribution in [2.45, 2.75) is 64.0 Å².